The van der Waals surface area contributed by atoms with E-state index in [-0.39, 0.29) is 11.2 Å². The van der Waals surface area contributed by atoms with Crippen molar-refractivity contribution < 1.29 is 14.3 Å². The summed E-state index contributed by atoms with van der Waals surface area (Å²) < 4.78 is 10.6. The fraction of sp³-hybridized carbons (Fsp3) is 0.588. The van der Waals surface area contributed by atoms with Crippen molar-refractivity contribution in [2.24, 2.45) is 11.3 Å². The largest absolute Gasteiger partial charge is 0.494 e. The number of carbonyl (C=O) groups excluding carboxylic acids is 1. The lowest BCUT2D eigenvalue weighted by atomic mass is 9.78. The number of carbonyl (C=O) groups is 1. The van der Waals surface area contributed by atoms with Crippen LogP contribution in [0.15, 0.2) is 6.07 Å². The van der Waals surface area contributed by atoms with Gasteiger partial charge in [0.25, 0.3) is 0 Å². The summed E-state index contributed by atoms with van der Waals surface area (Å²) in [6.07, 6.45) is 2.32. The van der Waals surface area contributed by atoms with E-state index in [1.54, 1.807) is 0 Å². The maximum absolute atomic E-state index is 12.9. The number of ketones is 1. The van der Waals surface area contributed by atoms with E-state index in [9.17, 15) is 4.79 Å². The molecule has 23 heavy (non-hydrogen) atoms. The van der Waals surface area contributed by atoms with Crippen LogP contribution in [-0.4, -0.2) is 26.2 Å². The number of hydrogen-bond acceptors (Lipinski definition) is 3. The van der Waals surface area contributed by atoms with Crippen LogP contribution in [0.3, 0.4) is 0 Å². The molecule has 1 rings (SSSR count). The molecular formula is C17H25Cl2O3P. The van der Waals surface area contributed by atoms with Crippen molar-refractivity contribution in [3.8, 4) is 11.5 Å². The van der Waals surface area contributed by atoms with Gasteiger partial charge in [0.15, 0.2) is 17.3 Å². The minimum Gasteiger partial charge on any atom is -0.494 e. The van der Waals surface area contributed by atoms with Crippen LogP contribution in [-0.2, 0) is 0 Å². The van der Waals surface area contributed by atoms with Gasteiger partial charge < -0.3 is 9.47 Å². The van der Waals surface area contributed by atoms with E-state index in [1.165, 1.54) is 20.3 Å². The lowest BCUT2D eigenvalue weighted by molar-refractivity contribution is 0.0911. The molecule has 0 heterocycles. The molecule has 0 N–H and O–H groups in total. The van der Waals surface area contributed by atoms with Crippen LogP contribution >= 0.6 is 32.4 Å². The van der Waals surface area contributed by atoms with Crippen LogP contribution < -0.4 is 9.47 Å². The number of hydrogen-bond donors (Lipinski definition) is 0. The van der Waals surface area contributed by atoms with E-state index in [4.69, 9.17) is 32.7 Å². The highest BCUT2D eigenvalue weighted by Crippen LogP contribution is 2.43. The first-order valence-corrected chi connectivity index (χ1v) is 9.07. The van der Waals surface area contributed by atoms with Crippen molar-refractivity contribution in [1.29, 1.82) is 0 Å². The van der Waals surface area contributed by atoms with E-state index in [0.29, 0.717) is 39.4 Å². The molecule has 3 nitrogen and oxygen atoms in total. The van der Waals surface area contributed by atoms with Gasteiger partial charge in [-0.1, -0.05) is 44.0 Å². The molecule has 2 unspecified atom stereocenters. The predicted molar refractivity (Wildman–Crippen MR) is 101 cm³/mol. The second-order valence-electron chi connectivity index (χ2n) is 6.59. The molecule has 0 bridgehead atoms. The van der Waals surface area contributed by atoms with E-state index in [1.807, 2.05) is 0 Å². The van der Waals surface area contributed by atoms with Gasteiger partial charge in [0, 0.05) is 6.42 Å². The molecule has 0 radical (unpaired) electrons. The lowest BCUT2D eigenvalue weighted by Crippen LogP contribution is -2.21. The summed E-state index contributed by atoms with van der Waals surface area (Å²) in [7, 11) is 5.71. The highest BCUT2D eigenvalue weighted by atomic mass is 35.5. The fourth-order valence-electron chi connectivity index (χ4n) is 2.86. The fourth-order valence-corrected chi connectivity index (χ4v) is 3.64. The molecular weight excluding hydrogens is 354 g/mol. The average Bonchev–Trinajstić information content (AvgIpc) is 2.45. The van der Waals surface area contributed by atoms with E-state index in [2.05, 4.69) is 30.0 Å². The minimum absolute atomic E-state index is 0.0796. The standard InChI is InChI=1S/C17H25Cl2O3P/c1-10(9-23)7-17(2,3)8-13(20)14-15(21-4)11(18)6-12(19)16(14)22-5/h6,10H,7-9,23H2,1-5H3. The summed E-state index contributed by atoms with van der Waals surface area (Å²) in [6, 6.07) is 1.53. The summed E-state index contributed by atoms with van der Waals surface area (Å²) in [5.74, 6) is 1.07. The van der Waals surface area contributed by atoms with Gasteiger partial charge in [-0.05, 0) is 30.0 Å². The Hall–Kier alpha value is -0.500. The molecule has 1 aromatic carbocycles. The normalized spacial score (nSPS) is 12.9. The Morgan fingerprint density at radius 1 is 1.22 bits per heavy atom. The lowest BCUT2D eigenvalue weighted by Gasteiger charge is -2.27. The zero-order valence-electron chi connectivity index (χ0n) is 14.3. The SMILES string of the molecule is COc1c(Cl)cc(Cl)c(OC)c1C(=O)CC(C)(C)CC(C)CP. The minimum atomic E-state index is -0.141. The Bertz CT molecular complexity index is 545. The van der Waals surface area contributed by atoms with E-state index >= 15 is 0 Å². The zero-order chi connectivity index (χ0) is 17.8. The van der Waals surface area contributed by atoms with Gasteiger partial charge in [-0.25, -0.2) is 0 Å². The van der Waals surface area contributed by atoms with Crippen LogP contribution in [0.1, 0.15) is 44.0 Å². The third kappa shape index (κ3) is 5.24. The third-order valence-corrected chi connectivity index (χ3v) is 5.14. The van der Waals surface area contributed by atoms with Gasteiger partial charge in [0.2, 0.25) is 0 Å². The number of rotatable bonds is 8. The molecule has 0 spiro atoms. The first-order chi connectivity index (χ1) is 10.7. The van der Waals surface area contributed by atoms with Gasteiger partial charge in [0.05, 0.1) is 24.3 Å². The van der Waals surface area contributed by atoms with Gasteiger partial charge in [0.1, 0.15) is 5.56 Å². The number of Topliss-reactive ketones (excluding diaryl/α,β-unsaturated/α-hetero) is 1. The molecule has 0 aliphatic heterocycles. The number of methoxy groups -OCH3 is 2. The molecule has 0 aliphatic carbocycles. The number of halogens is 2. The Kier molecular flexibility index (Phi) is 7.64. The highest BCUT2D eigenvalue weighted by molar-refractivity contribution is 7.16. The molecule has 0 amide bonds. The third-order valence-electron chi connectivity index (χ3n) is 3.77. The van der Waals surface area contributed by atoms with Crippen molar-refractivity contribution >= 4 is 38.2 Å². The summed E-state index contributed by atoms with van der Waals surface area (Å²) >= 11 is 12.3. The molecule has 0 saturated carbocycles. The second-order valence-corrected chi connectivity index (χ2v) is 7.88. The quantitative estimate of drug-likeness (QED) is 0.441. The van der Waals surface area contributed by atoms with Gasteiger partial charge in [-0.2, -0.15) is 0 Å². The first kappa shape index (κ1) is 20.5. The molecule has 130 valence electrons. The Balaban J connectivity index is 3.22. The van der Waals surface area contributed by atoms with Gasteiger partial charge >= 0.3 is 0 Å². The second kappa shape index (κ2) is 8.55. The van der Waals surface area contributed by atoms with Crippen LogP contribution in [0.25, 0.3) is 0 Å². The topological polar surface area (TPSA) is 35.5 Å². The maximum atomic E-state index is 12.9. The van der Waals surface area contributed by atoms with Gasteiger partial charge in [-0.3, -0.25) is 4.79 Å². The molecule has 0 fully saturated rings. The smallest absolute Gasteiger partial charge is 0.171 e. The summed E-state index contributed by atoms with van der Waals surface area (Å²) in [4.78, 5) is 12.9. The molecule has 1 aromatic rings. The van der Waals surface area contributed by atoms with Crippen molar-refractivity contribution in [2.45, 2.75) is 33.6 Å². The number of ether oxygens (including phenoxy) is 2. The molecule has 0 saturated heterocycles. The Labute approximate surface area is 151 Å². The van der Waals surface area contributed by atoms with Crippen LogP contribution in [0.5, 0.6) is 11.5 Å². The number of benzene rings is 1. The van der Waals surface area contributed by atoms with Crippen LogP contribution in [0, 0.1) is 11.3 Å². The van der Waals surface area contributed by atoms with Crippen molar-refractivity contribution in [3.63, 3.8) is 0 Å². The van der Waals surface area contributed by atoms with Crippen LogP contribution in [0.4, 0.5) is 0 Å². The van der Waals surface area contributed by atoms with E-state index in [0.717, 1.165) is 12.6 Å². The summed E-state index contributed by atoms with van der Waals surface area (Å²) in [5, 5.41) is 0.607. The summed E-state index contributed by atoms with van der Waals surface area (Å²) in [6.45, 7) is 6.36. The van der Waals surface area contributed by atoms with Crippen molar-refractivity contribution in [2.75, 3.05) is 20.4 Å². The first-order valence-electron chi connectivity index (χ1n) is 7.50. The van der Waals surface area contributed by atoms with E-state index < -0.39 is 0 Å². The highest BCUT2D eigenvalue weighted by Gasteiger charge is 2.30. The Morgan fingerprint density at radius 3 is 2.09 bits per heavy atom. The van der Waals surface area contributed by atoms with Gasteiger partial charge in [-0.15, -0.1) is 9.24 Å². The molecule has 0 aromatic heterocycles. The molecule has 6 heteroatoms. The molecule has 2 atom stereocenters. The Morgan fingerprint density at radius 2 is 1.70 bits per heavy atom. The molecule has 0 aliphatic rings. The monoisotopic (exact) mass is 378 g/mol. The predicted octanol–water partition coefficient (Wildman–Crippen LogP) is 5.51. The zero-order valence-corrected chi connectivity index (χ0v) is 17.0. The van der Waals surface area contributed by atoms with Crippen molar-refractivity contribution in [3.05, 3.63) is 21.7 Å². The van der Waals surface area contributed by atoms with Crippen molar-refractivity contribution in [1.82, 2.24) is 0 Å². The average molecular weight is 379 g/mol. The maximum Gasteiger partial charge on any atom is 0.171 e. The summed E-state index contributed by atoms with van der Waals surface area (Å²) in [5.41, 5.74) is 0.178. The van der Waals surface area contributed by atoms with Crippen LogP contribution in [0.2, 0.25) is 10.0 Å².